The second-order valence-electron chi connectivity index (χ2n) is 6.78. The van der Waals surface area contributed by atoms with Gasteiger partial charge in [-0.15, -0.1) is 23.2 Å². The van der Waals surface area contributed by atoms with Gasteiger partial charge in [-0.1, -0.05) is 47.0 Å². The van der Waals surface area contributed by atoms with Gasteiger partial charge in [0.1, 0.15) is 4.33 Å². The summed E-state index contributed by atoms with van der Waals surface area (Å²) in [7, 11) is 0. The van der Waals surface area contributed by atoms with Crippen LogP contribution < -0.4 is 5.56 Å². The number of nitrogens with one attached hydrogen (secondary N) is 1. The molecular weight excluding hydrogens is 331 g/mol. The molecule has 3 nitrogen and oxygen atoms in total. The van der Waals surface area contributed by atoms with Crippen LogP contribution in [0.25, 0.3) is 0 Å². The lowest BCUT2D eigenvalue weighted by Gasteiger charge is -2.41. The Morgan fingerprint density at radius 3 is 2.17 bits per heavy atom. The summed E-state index contributed by atoms with van der Waals surface area (Å²) in [6.45, 7) is 8.68. The van der Waals surface area contributed by atoms with Crippen LogP contribution in [0.4, 0.5) is 0 Å². The fourth-order valence-electron chi connectivity index (χ4n) is 3.58. The van der Waals surface area contributed by atoms with Gasteiger partial charge < -0.3 is 0 Å². The van der Waals surface area contributed by atoms with Crippen molar-refractivity contribution in [1.29, 1.82) is 0 Å². The van der Waals surface area contributed by atoms with Crippen LogP contribution in [0.15, 0.2) is 16.9 Å². The molecule has 1 atom stereocenters. The quantitative estimate of drug-likeness (QED) is 0.551. The van der Waals surface area contributed by atoms with Gasteiger partial charge in [-0.2, -0.15) is 5.10 Å². The summed E-state index contributed by atoms with van der Waals surface area (Å²) in [4.78, 5) is 11.4. The van der Waals surface area contributed by atoms with E-state index in [2.05, 4.69) is 37.9 Å². The van der Waals surface area contributed by atoms with E-state index < -0.39 is 4.33 Å². The molecule has 5 heteroatoms. The van der Waals surface area contributed by atoms with E-state index in [9.17, 15) is 4.79 Å². The molecule has 0 aromatic carbocycles. The molecular formula is C18H30Cl2N2O. The molecule has 0 spiro atoms. The Kier molecular flexibility index (Phi) is 8.09. The zero-order chi connectivity index (χ0) is 17.5. The largest absolute Gasteiger partial charge is 0.268 e. The van der Waals surface area contributed by atoms with Crippen molar-refractivity contribution in [3.8, 4) is 0 Å². The third kappa shape index (κ3) is 5.79. The number of alkyl halides is 2. The highest BCUT2D eigenvalue weighted by molar-refractivity contribution is 6.48. The van der Waals surface area contributed by atoms with Gasteiger partial charge in [0.05, 0.1) is 5.69 Å². The summed E-state index contributed by atoms with van der Waals surface area (Å²) >= 11 is 13.2. The van der Waals surface area contributed by atoms with Gasteiger partial charge in [0, 0.05) is 11.5 Å². The van der Waals surface area contributed by atoms with Crippen molar-refractivity contribution < 1.29 is 0 Å². The summed E-state index contributed by atoms with van der Waals surface area (Å²) in [6, 6.07) is 3.37. The van der Waals surface area contributed by atoms with E-state index >= 15 is 0 Å². The average molecular weight is 361 g/mol. The maximum atomic E-state index is 11.4. The number of rotatable bonds is 10. The van der Waals surface area contributed by atoms with Gasteiger partial charge in [-0.3, -0.25) is 4.79 Å². The molecule has 1 aromatic heterocycles. The van der Waals surface area contributed by atoms with Gasteiger partial charge in [-0.05, 0) is 37.7 Å². The normalized spacial score (nSPS) is 14.9. The molecule has 1 heterocycles. The molecule has 1 aromatic rings. The summed E-state index contributed by atoms with van der Waals surface area (Å²) in [5.74, 6) is 0.435. The Morgan fingerprint density at radius 2 is 1.74 bits per heavy atom. The third-order valence-corrected chi connectivity index (χ3v) is 5.33. The first-order chi connectivity index (χ1) is 10.8. The first kappa shape index (κ1) is 20.5. The van der Waals surface area contributed by atoms with E-state index in [0.717, 1.165) is 44.2 Å². The van der Waals surface area contributed by atoms with Gasteiger partial charge in [0.2, 0.25) is 0 Å². The van der Waals surface area contributed by atoms with Crippen molar-refractivity contribution in [2.75, 3.05) is 0 Å². The van der Waals surface area contributed by atoms with Crippen LogP contribution in [0.2, 0.25) is 0 Å². The molecule has 0 aliphatic rings. The average Bonchev–Trinajstić information content (AvgIpc) is 2.47. The number of halogens is 2. The third-order valence-electron chi connectivity index (χ3n) is 4.68. The lowest BCUT2D eigenvalue weighted by Crippen LogP contribution is -2.39. The Labute approximate surface area is 150 Å². The number of aromatic amines is 1. The summed E-state index contributed by atoms with van der Waals surface area (Å²) < 4.78 is -0.777. The molecule has 0 aliphatic heterocycles. The van der Waals surface area contributed by atoms with E-state index in [1.807, 2.05) is 6.07 Å². The minimum Gasteiger partial charge on any atom is -0.268 e. The van der Waals surface area contributed by atoms with E-state index in [-0.39, 0.29) is 11.0 Å². The predicted molar refractivity (Wildman–Crippen MR) is 99.5 cm³/mol. The molecule has 132 valence electrons. The van der Waals surface area contributed by atoms with E-state index in [1.54, 1.807) is 6.07 Å². The number of nitrogens with zero attached hydrogens (tertiary/aromatic N) is 1. The lowest BCUT2D eigenvalue weighted by atomic mass is 9.67. The van der Waals surface area contributed by atoms with Crippen LogP contribution in [0, 0.1) is 5.92 Å². The first-order valence-corrected chi connectivity index (χ1v) is 9.48. The van der Waals surface area contributed by atoms with Crippen molar-refractivity contribution in [2.45, 2.75) is 82.4 Å². The number of aromatic nitrogens is 2. The van der Waals surface area contributed by atoms with E-state index in [1.165, 1.54) is 0 Å². The summed E-state index contributed by atoms with van der Waals surface area (Å²) in [6.07, 6.45) is 6.74. The van der Waals surface area contributed by atoms with Crippen LogP contribution in [0.3, 0.4) is 0 Å². The van der Waals surface area contributed by atoms with Crippen molar-refractivity contribution in [1.82, 2.24) is 10.2 Å². The second-order valence-corrected chi connectivity index (χ2v) is 8.42. The zero-order valence-corrected chi connectivity index (χ0v) is 16.3. The zero-order valence-electron chi connectivity index (χ0n) is 14.8. The molecule has 0 bridgehead atoms. The Hall–Kier alpha value is -0.540. The highest BCUT2D eigenvalue weighted by Gasteiger charge is 2.42. The molecule has 0 radical (unpaired) electrons. The Balaban J connectivity index is 3.26. The number of hydrogen-bond donors (Lipinski definition) is 1. The fraction of sp³-hybridized carbons (Fsp3) is 0.778. The van der Waals surface area contributed by atoms with Gasteiger partial charge in [0.15, 0.2) is 0 Å². The monoisotopic (exact) mass is 360 g/mol. The minimum atomic E-state index is -0.777. The Bertz CT molecular complexity index is 504. The predicted octanol–water partition coefficient (Wildman–Crippen LogP) is 5.61. The topological polar surface area (TPSA) is 45.8 Å². The van der Waals surface area contributed by atoms with E-state index in [0.29, 0.717) is 12.3 Å². The molecule has 1 rings (SSSR count). The standard InChI is InChI=1S/C18H30Cl2N2O/c1-5-8-14(9-6-2)17(4,13-18(19,20)12-7-3)15-10-11-16(23)22-21-15/h10-11,14H,5-9,12-13H2,1-4H3,(H,22,23). The molecule has 23 heavy (non-hydrogen) atoms. The van der Waals surface area contributed by atoms with Crippen molar-refractivity contribution in [3.05, 3.63) is 28.2 Å². The van der Waals surface area contributed by atoms with Crippen molar-refractivity contribution >= 4 is 23.2 Å². The van der Waals surface area contributed by atoms with Crippen LogP contribution in [-0.4, -0.2) is 14.5 Å². The lowest BCUT2D eigenvalue weighted by molar-refractivity contribution is 0.219. The van der Waals surface area contributed by atoms with Crippen molar-refractivity contribution in [3.63, 3.8) is 0 Å². The van der Waals surface area contributed by atoms with Crippen LogP contribution in [0.5, 0.6) is 0 Å². The summed E-state index contributed by atoms with van der Waals surface area (Å²) in [5.41, 5.74) is 0.440. The molecule has 0 aliphatic carbocycles. The SMILES string of the molecule is CCCC(CCC)C(C)(CC(Cl)(Cl)CCC)c1ccc(=O)[nH]n1. The first-order valence-electron chi connectivity index (χ1n) is 8.73. The minimum absolute atomic E-state index is 0.185. The highest BCUT2D eigenvalue weighted by Crippen LogP contribution is 2.47. The van der Waals surface area contributed by atoms with Crippen LogP contribution in [0.1, 0.15) is 78.3 Å². The molecule has 1 unspecified atom stereocenters. The van der Waals surface area contributed by atoms with Gasteiger partial charge in [-0.25, -0.2) is 5.10 Å². The molecule has 1 N–H and O–H groups in total. The number of H-pyrrole nitrogens is 1. The number of hydrogen-bond acceptors (Lipinski definition) is 2. The van der Waals surface area contributed by atoms with Crippen LogP contribution >= 0.6 is 23.2 Å². The second kappa shape index (κ2) is 9.08. The maximum Gasteiger partial charge on any atom is 0.264 e. The maximum absolute atomic E-state index is 11.4. The van der Waals surface area contributed by atoms with Gasteiger partial charge in [0.25, 0.3) is 5.56 Å². The Morgan fingerprint density at radius 1 is 1.13 bits per heavy atom. The smallest absolute Gasteiger partial charge is 0.264 e. The molecule has 0 saturated heterocycles. The highest BCUT2D eigenvalue weighted by atomic mass is 35.5. The van der Waals surface area contributed by atoms with Crippen LogP contribution in [-0.2, 0) is 5.41 Å². The molecule has 0 saturated carbocycles. The van der Waals surface area contributed by atoms with E-state index in [4.69, 9.17) is 23.2 Å². The van der Waals surface area contributed by atoms with Gasteiger partial charge >= 0.3 is 0 Å². The molecule has 0 fully saturated rings. The fourth-order valence-corrected chi connectivity index (χ4v) is 4.51. The summed E-state index contributed by atoms with van der Waals surface area (Å²) in [5, 5.41) is 6.90. The van der Waals surface area contributed by atoms with Crippen molar-refractivity contribution in [2.24, 2.45) is 5.92 Å². The molecule has 0 amide bonds.